The van der Waals surface area contributed by atoms with E-state index in [1.165, 1.54) is 35.0 Å². The Kier molecular flexibility index (Phi) is 6.54. The van der Waals surface area contributed by atoms with Crippen LogP contribution in [0.5, 0.6) is 6.01 Å². The van der Waals surface area contributed by atoms with Crippen LogP contribution in [0.3, 0.4) is 0 Å². The molecule has 0 aliphatic heterocycles. The average molecular weight is 484 g/mol. The molecule has 0 fully saturated rings. The first-order chi connectivity index (χ1) is 16.6. The number of hydrogen-bond acceptors (Lipinski definition) is 4. The van der Waals surface area contributed by atoms with E-state index in [0.717, 1.165) is 18.2 Å². The van der Waals surface area contributed by atoms with Gasteiger partial charge in [-0.1, -0.05) is 18.2 Å². The predicted octanol–water partition coefficient (Wildman–Crippen LogP) is 6.13. The minimum absolute atomic E-state index is 0.0679. The van der Waals surface area contributed by atoms with Crippen LogP contribution in [-0.4, -0.2) is 26.8 Å². The van der Waals surface area contributed by atoms with Crippen molar-refractivity contribution in [3.05, 3.63) is 89.7 Å². The number of aromatic nitrogens is 3. The molecule has 0 bridgehead atoms. The first-order valence-corrected chi connectivity index (χ1v) is 10.6. The van der Waals surface area contributed by atoms with Crippen LogP contribution in [0.4, 0.5) is 23.2 Å². The molecular formula is C25H20F4N4O2. The molecule has 1 N–H and O–H groups in total. The third-order valence-electron chi connectivity index (χ3n) is 4.86. The Hall–Kier alpha value is -4.21. The van der Waals surface area contributed by atoms with Crippen molar-refractivity contribution in [3.8, 4) is 23.1 Å². The number of rotatable bonds is 6. The summed E-state index contributed by atoms with van der Waals surface area (Å²) in [5.41, 5.74) is 0.801. The van der Waals surface area contributed by atoms with Gasteiger partial charge in [0.15, 0.2) is 5.82 Å². The van der Waals surface area contributed by atoms with E-state index in [0.29, 0.717) is 16.9 Å². The van der Waals surface area contributed by atoms with Crippen LogP contribution >= 0.6 is 0 Å². The van der Waals surface area contributed by atoms with Crippen LogP contribution in [0, 0.1) is 5.82 Å². The summed E-state index contributed by atoms with van der Waals surface area (Å²) in [6, 6.07) is 16.5. The minimum atomic E-state index is -4.45. The molecule has 4 rings (SSSR count). The van der Waals surface area contributed by atoms with E-state index >= 15 is 0 Å². The third kappa shape index (κ3) is 5.65. The summed E-state index contributed by atoms with van der Waals surface area (Å²) in [5.74, 6) is -0.712. The molecular weight excluding hydrogens is 464 g/mol. The summed E-state index contributed by atoms with van der Waals surface area (Å²) in [7, 11) is 0. The first-order valence-electron chi connectivity index (χ1n) is 10.6. The van der Waals surface area contributed by atoms with Gasteiger partial charge in [-0.15, -0.1) is 5.10 Å². The zero-order valence-corrected chi connectivity index (χ0v) is 18.7. The lowest BCUT2D eigenvalue weighted by atomic mass is 10.1. The van der Waals surface area contributed by atoms with Crippen LogP contribution in [0.25, 0.3) is 17.1 Å². The highest BCUT2D eigenvalue weighted by atomic mass is 19.4. The van der Waals surface area contributed by atoms with Crippen molar-refractivity contribution in [2.75, 3.05) is 5.32 Å². The van der Waals surface area contributed by atoms with Crippen molar-refractivity contribution in [3.63, 3.8) is 0 Å². The van der Waals surface area contributed by atoms with Crippen LogP contribution in [0.15, 0.2) is 72.8 Å². The number of amides is 1. The van der Waals surface area contributed by atoms with E-state index in [-0.39, 0.29) is 23.5 Å². The van der Waals surface area contributed by atoms with E-state index in [9.17, 15) is 22.4 Å². The van der Waals surface area contributed by atoms with Gasteiger partial charge in [0.1, 0.15) is 5.82 Å². The molecule has 1 amide bonds. The second kappa shape index (κ2) is 9.57. The summed E-state index contributed by atoms with van der Waals surface area (Å²) in [4.78, 5) is 16.7. The molecule has 0 saturated heterocycles. The Balaban J connectivity index is 1.63. The van der Waals surface area contributed by atoms with E-state index in [1.807, 2.05) is 0 Å². The quantitative estimate of drug-likeness (QED) is 0.334. The summed E-state index contributed by atoms with van der Waals surface area (Å²) < 4.78 is 59.3. The molecule has 0 aliphatic rings. The largest absolute Gasteiger partial charge is 0.460 e. The number of alkyl halides is 3. The van der Waals surface area contributed by atoms with Gasteiger partial charge in [0.25, 0.3) is 5.91 Å². The number of carbonyl (C=O) groups excluding carboxylic acids is 1. The van der Waals surface area contributed by atoms with Crippen LogP contribution < -0.4 is 10.1 Å². The summed E-state index contributed by atoms with van der Waals surface area (Å²) in [6.07, 6.45) is -4.67. The molecule has 6 nitrogen and oxygen atoms in total. The zero-order valence-electron chi connectivity index (χ0n) is 18.7. The molecule has 0 saturated carbocycles. The Labute approximate surface area is 198 Å². The normalized spacial score (nSPS) is 11.5. The summed E-state index contributed by atoms with van der Waals surface area (Å²) in [6.45, 7) is 3.60. The lowest BCUT2D eigenvalue weighted by Crippen LogP contribution is -2.12. The smallest absolute Gasteiger partial charge is 0.416 e. The maximum Gasteiger partial charge on any atom is 0.416 e. The van der Waals surface area contributed by atoms with Crippen molar-refractivity contribution in [1.82, 2.24) is 14.8 Å². The van der Waals surface area contributed by atoms with Gasteiger partial charge >= 0.3 is 12.2 Å². The Morgan fingerprint density at radius 1 is 1.00 bits per heavy atom. The van der Waals surface area contributed by atoms with E-state index in [4.69, 9.17) is 4.74 Å². The lowest BCUT2D eigenvalue weighted by molar-refractivity contribution is -0.137. The van der Waals surface area contributed by atoms with Gasteiger partial charge in [-0.2, -0.15) is 18.2 Å². The van der Waals surface area contributed by atoms with Crippen molar-refractivity contribution in [2.24, 2.45) is 0 Å². The fourth-order valence-corrected chi connectivity index (χ4v) is 3.25. The van der Waals surface area contributed by atoms with E-state index in [2.05, 4.69) is 15.4 Å². The highest BCUT2D eigenvalue weighted by Gasteiger charge is 2.30. The van der Waals surface area contributed by atoms with Gasteiger partial charge in [0.05, 0.1) is 17.4 Å². The van der Waals surface area contributed by atoms with Crippen LogP contribution in [0.2, 0.25) is 0 Å². The zero-order chi connectivity index (χ0) is 25.2. The summed E-state index contributed by atoms with van der Waals surface area (Å²) in [5, 5.41) is 7.03. The summed E-state index contributed by atoms with van der Waals surface area (Å²) >= 11 is 0. The van der Waals surface area contributed by atoms with E-state index in [1.54, 1.807) is 38.1 Å². The molecule has 180 valence electrons. The SMILES string of the molecule is CC(C)Oc1nc(-c2ccc(C(F)(F)F)cc2)n(-c2ccc(NC(=O)c3cccc(F)c3)cc2)n1. The maximum atomic E-state index is 13.4. The number of halogens is 4. The number of ether oxygens (including phenoxy) is 1. The number of hydrogen-bond donors (Lipinski definition) is 1. The molecule has 1 aromatic heterocycles. The van der Waals surface area contributed by atoms with Crippen molar-refractivity contribution in [1.29, 1.82) is 0 Å². The van der Waals surface area contributed by atoms with Gasteiger partial charge in [-0.3, -0.25) is 4.79 Å². The lowest BCUT2D eigenvalue weighted by Gasteiger charge is -2.10. The van der Waals surface area contributed by atoms with Crippen molar-refractivity contribution >= 4 is 11.6 Å². The Morgan fingerprint density at radius 2 is 1.69 bits per heavy atom. The highest BCUT2D eigenvalue weighted by molar-refractivity contribution is 6.04. The highest BCUT2D eigenvalue weighted by Crippen LogP contribution is 2.31. The van der Waals surface area contributed by atoms with Crippen LogP contribution in [-0.2, 0) is 6.18 Å². The van der Waals surface area contributed by atoms with Crippen molar-refractivity contribution < 1.29 is 27.1 Å². The fraction of sp³-hybridized carbons (Fsp3) is 0.160. The number of nitrogens with one attached hydrogen (secondary N) is 1. The van der Waals surface area contributed by atoms with Crippen molar-refractivity contribution in [2.45, 2.75) is 26.1 Å². The molecule has 0 spiro atoms. The van der Waals surface area contributed by atoms with Gasteiger partial charge in [0, 0.05) is 16.8 Å². The molecule has 0 aliphatic carbocycles. The number of nitrogens with zero attached hydrogens (tertiary/aromatic N) is 3. The maximum absolute atomic E-state index is 13.4. The fourth-order valence-electron chi connectivity index (χ4n) is 3.25. The standard InChI is InChI=1S/C25H20F4N4O2/c1-15(2)35-24-31-22(16-6-8-18(9-7-16)25(27,28)29)33(32-24)21-12-10-20(11-13-21)30-23(34)17-4-3-5-19(26)14-17/h3-15H,1-2H3,(H,30,34). The number of benzene rings is 3. The van der Waals surface area contributed by atoms with E-state index < -0.39 is 23.5 Å². The number of anilines is 1. The Morgan fingerprint density at radius 3 is 2.29 bits per heavy atom. The molecule has 1 heterocycles. The topological polar surface area (TPSA) is 69.0 Å². The molecule has 10 heteroatoms. The second-order valence-corrected chi connectivity index (χ2v) is 7.88. The minimum Gasteiger partial charge on any atom is -0.460 e. The van der Waals surface area contributed by atoms with Gasteiger partial charge in [0.2, 0.25) is 0 Å². The molecule has 35 heavy (non-hydrogen) atoms. The second-order valence-electron chi connectivity index (χ2n) is 7.88. The third-order valence-corrected chi connectivity index (χ3v) is 4.86. The van der Waals surface area contributed by atoms with Gasteiger partial charge < -0.3 is 10.1 Å². The molecule has 4 aromatic rings. The number of carbonyl (C=O) groups is 1. The molecule has 0 atom stereocenters. The monoisotopic (exact) mass is 484 g/mol. The molecule has 0 unspecified atom stereocenters. The van der Waals surface area contributed by atoms with Gasteiger partial charge in [-0.25, -0.2) is 9.07 Å². The van der Waals surface area contributed by atoms with Crippen LogP contribution in [0.1, 0.15) is 29.8 Å². The Bertz CT molecular complexity index is 1330. The van der Waals surface area contributed by atoms with Gasteiger partial charge in [-0.05, 0) is 68.4 Å². The molecule has 3 aromatic carbocycles. The average Bonchev–Trinajstić information content (AvgIpc) is 3.22. The first kappa shape index (κ1) is 23.9. The molecule has 0 radical (unpaired) electrons. The predicted molar refractivity (Wildman–Crippen MR) is 122 cm³/mol.